The lowest BCUT2D eigenvalue weighted by Gasteiger charge is -2.33. The minimum Gasteiger partial charge on any atom is -0.367 e. The van der Waals surface area contributed by atoms with Gasteiger partial charge in [0.25, 0.3) is 5.91 Å². The van der Waals surface area contributed by atoms with Crippen molar-refractivity contribution in [2.75, 3.05) is 23.3 Å². The SMILES string of the molecule is Cc1c(C(=O)NCc2ccncc2)cnc2c1N(Cc1c(F)ccc(F)c1Cl)CCN2. The van der Waals surface area contributed by atoms with Gasteiger partial charge < -0.3 is 15.5 Å². The highest BCUT2D eigenvalue weighted by atomic mass is 35.5. The highest BCUT2D eigenvalue weighted by Crippen LogP contribution is 2.35. The van der Waals surface area contributed by atoms with E-state index in [0.717, 1.165) is 17.7 Å². The van der Waals surface area contributed by atoms with Crippen LogP contribution in [0.3, 0.4) is 0 Å². The fourth-order valence-electron chi connectivity index (χ4n) is 3.60. The maximum absolute atomic E-state index is 14.4. The molecule has 31 heavy (non-hydrogen) atoms. The Balaban J connectivity index is 1.62. The number of amides is 1. The molecule has 1 aliphatic heterocycles. The molecular weight excluding hydrogens is 424 g/mol. The molecule has 0 bridgehead atoms. The molecule has 0 fully saturated rings. The number of hydrogen-bond acceptors (Lipinski definition) is 5. The summed E-state index contributed by atoms with van der Waals surface area (Å²) in [5.41, 5.74) is 2.76. The van der Waals surface area contributed by atoms with Crippen LogP contribution in [0.15, 0.2) is 42.9 Å². The summed E-state index contributed by atoms with van der Waals surface area (Å²) in [7, 11) is 0. The fraction of sp³-hybridized carbons (Fsp3) is 0.227. The van der Waals surface area contributed by atoms with Crippen molar-refractivity contribution in [2.45, 2.75) is 20.0 Å². The normalized spacial score (nSPS) is 12.8. The lowest BCUT2D eigenvalue weighted by molar-refractivity contribution is 0.0950. The second-order valence-corrected chi connectivity index (χ2v) is 7.58. The number of nitrogens with zero attached hydrogens (tertiary/aromatic N) is 3. The number of aromatic nitrogens is 2. The summed E-state index contributed by atoms with van der Waals surface area (Å²) in [5.74, 6) is -0.941. The van der Waals surface area contributed by atoms with E-state index in [1.54, 1.807) is 12.4 Å². The minimum atomic E-state index is -0.674. The Morgan fingerprint density at radius 3 is 2.74 bits per heavy atom. The highest BCUT2D eigenvalue weighted by molar-refractivity contribution is 6.31. The maximum atomic E-state index is 14.4. The molecule has 0 radical (unpaired) electrons. The van der Waals surface area contributed by atoms with Gasteiger partial charge in [-0.25, -0.2) is 13.8 Å². The Labute approximate surface area is 183 Å². The van der Waals surface area contributed by atoms with Crippen molar-refractivity contribution >= 4 is 29.0 Å². The summed E-state index contributed by atoms with van der Waals surface area (Å²) < 4.78 is 28.2. The number of nitrogens with one attached hydrogen (secondary N) is 2. The van der Waals surface area contributed by atoms with Crippen molar-refractivity contribution in [2.24, 2.45) is 0 Å². The van der Waals surface area contributed by atoms with Gasteiger partial charge in [0.05, 0.1) is 16.3 Å². The molecule has 0 aliphatic carbocycles. The fourth-order valence-corrected chi connectivity index (χ4v) is 3.81. The molecule has 1 aromatic carbocycles. The second-order valence-electron chi connectivity index (χ2n) is 7.20. The quantitative estimate of drug-likeness (QED) is 0.581. The Hall–Kier alpha value is -3.26. The molecule has 0 saturated heterocycles. The van der Waals surface area contributed by atoms with E-state index in [2.05, 4.69) is 20.6 Å². The third-order valence-corrected chi connectivity index (χ3v) is 5.64. The van der Waals surface area contributed by atoms with E-state index in [1.165, 1.54) is 6.20 Å². The number of hydrogen-bond donors (Lipinski definition) is 2. The Bertz CT molecular complexity index is 1130. The van der Waals surface area contributed by atoms with Crippen LogP contribution in [-0.4, -0.2) is 29.0 Å². The zero-order valence-corrected chi connectivity index (χ0v) is 17.5. The smallest absolute Gasteiger partial charge is 0.253 e. The molecule has 6 nitrogen and oxygen atoms in total. The van der Waals surface area contributed by atoms with Crippen LogP contribution in [0, 0.1) is 18.6 Å². The Morgan fingerprint density at radius 2 is 1.97 bits per heavy atom. The van der Waals surface area contributed by atoms with E-state index in [-0.39, 0.29) is 23.0 Å². The van der Waals surface area contributed by atoms with Gasteiger partial charge in [0.2, 0.25) is 0 Å². The van der Waals surface area contributed by atoms with Gasteiger partial charge in [-0.3, -0.25) is 9.78 Å². The zero-order valence-electron chi connectivity index (χ0n) is 16.8. The number of anilines is 2. The first-order valence-electron chi connectivity index (χ1n) is 9.73. The number of carbonyl (C=O) groups is 1. The van der Waals surface area contributed by atoms with E-state index in [9.17, 15) is 13.6 Å². The van der Waals surface area contributed by atoms with Crippen LogP contribution >= 0.6 is 11.6 Å². The number of fused-ring (bicyclic) bond motifs is 1. The average Bonchev–Trinajstić information content (AvgIpc) is 2.78. The molecule has 0 unspecified atom stereocenters. The molecule has 1 amide bonds. The molecule has 3 aromatic rings. The Kier molecular flexibility index (Phi) is 5.99. The standard InChI is InChI=1S/C22H20ClF2N5O/c1-13-15(22(31)29-10-14-4-6-26-7-5-14)11-28-21-20(13)30(9-8-27-21)12-16-17(24)2-3-18(25)19(16)23/h2-7,11H,8-10,12H2,1H3,(H,27,28)(H,29,31). The van der Waals surface area contributed by atoms with E-state index in [4.69, 9.17) is 11.6 Å². The highest BCUT2D eigenvalue weighted by Gasteiger charge is 2.26. The van der Waals surface area contributed by atoms with Crippen molar-refractivity contribution in [1.82, 2.24) is 15.3 Å². The van der Waals surface area contributed by atoms with Crippen LogP contribution < -0.4 is 15.5 Å². The largest absolute Gasteiger partial charge is 0.367 e. The van der Waals surface area contributed by atoms with E-state index < -0.39 is 11.6 Å². The lowest BCUT2D eigenvalue weighted by Crippen LogP contribution is -2.36. The number of rotatable bonds is 5. The number of halogens is 3. The van der Waals surface area contributed by atoms with Gasteiger partial charge in [-0.2, -0.15) is 0 Å². The van der Waals surface area contributed by atoms with Gasteiger partial charge in [0.1, 0.15) is 17.5 Å². The number of pyridine rings is 2. The van der Waals surface area contributed by atoms with Crippen molar-refractivity contribution in [3.63, 3.8) is 0 Å². The molecule has 4 rings (SSSR count). The third kappa shape index (κ3) is 4.29. The van der Waals surface area contributed by atoms with E-state index in [1.807, 2.05) is 24.0 Å². The molecule has 3 heterocycles. The van der Waals surface area contributed by atoms with Crippen LogP contribution in [0.4, 0.5) is 20.3 Å². The van der Waals surface area contributed by atoms with Gasteiger partial charge in [-0.05, 0) is 42.3 Å². The first-order valence-corrected chi connectivity index (χ1v) is 10.1. The Morgan fingerprint density at radius 1 is 1.23 bits per heavy atom. The number of benzene rings is 1. The molecule has 2 aromatic heterocycles. The first kappa shape index (κ1) is 21.0. The molecule has 0 atom stereocenters. The first-order chi connectivity index (χ1) is 15.0. The molecule has 0 saturated carbocycles. The minimum absolute atomic E-state index is 0.0573. The molecular formula is C22H20ClF2N5O. The topological polar surface area (TPSA) is 70.2 Å². The van der Waals surface area contributed by atoms with Crippen molar-refractivity contribution in [3.05, 3.63) is 81.8 Å². The van der Waals surface area contributed by atoms with E-state index >= 15 is 0 Å². The van der Waals surface area contributed by atoms with Crippen LogP contribution in [-0.2, 0) is 13.1 Å². The van der Waals surface area contributed by atoms with Gasteiger partial charge in [-0.1, -0.05) is 11.6 Å². The summed E-state index contributed by atoms with van der Waals surface area (Å²) >= 11 is 6.02. The summed E-state index contributed by atoms with van der Waals surface area (Å²) in [4.78, 5) is 23.0. The molecule has 1 aliphatic rings. The van der Waals surface area contributed by atoms with Crippen molar-refractivity contribution < 1.29 is 13.6 Å². The summed E-state index contributed by atoms with van der Waals surface area (Å²) in [6, 6.07) is 5.71. The molecule has 2 N–H and O–H groups in total. The van der Waals surface area contributed by atoms with Crippen molar-refractivity contribution in [1.29, 1.82) is 0 Å². The predicted molar refractivity (Wildman–Crippen MR) is 115 cm³/mol. The molecule has 0 spiro atoms. The van der Waals surface area contributed by atoms with Crippen LogP contribution in [0.5, 0.6) is 0 Å². The van der Waals surface area contributed by atoms with Gasteiger partial charge >= 0.3 is 0 Å². The average molecular weight is 444 g/mol. The monoisotopic (exact) mass is 443 g/mol. The second kappa shape index (κ2) is 8.85. The predicted octanol–water partition coefficient (Wildman–Crippen LogP) is 4.08. The van der Waals surface area contributed by atoms with E-state index in [0.29, 0.717) is 42.3 Å². The van der Waals surface area contributed by atoms with Gasteiger partial charge in [0, 0.05) is 50.3 Å². The zero-order chi connectivity index (χ0) is 22.0. The third-order valence-electron chi connectivity index (χ3n) is 5.23. The van der Waals surface area contributed by atoms with Gasteiger partial charge in [0.15, 0.2) is 0 Å². The molecule has 9 heteroatoms. The number of carbonyl (C=O) groups excluding carboxylic acids is 1. The maximum Gasteiger partial charge on any atom is 0.253 e. The summed E-state index contributed by atoms with van der Waals surface area (Å²) in [5, 5.41) is 5.83. The lowest BCUT2D eigenvalue weighted by atomic mass is 10.1. The van der Waals surface area contributed by atoms with Crippen LogP contribution in [0.2, 0.25) is 5.02 Å². The van der Waals surface area contributed by atoms with Gasteiger partial charge in [-0.15, -0.1) is 0 Å². The summed E-state index contributed by atoms with van der Waals surface area (Å²) in [6.45, 7) is 3.31. The summed E-state index contributed by atoms with van der Waals surface area (Å²) in [6.07, 6.45) is 4.84. The van der Waals surface area contributed by atoms with Crippen LogP contribution in [0.1, 0.15) is 27.0 Å². The van der Waals surface area contributed by atoms with Crippen molar-refractivity contribution in [3.8, 4) is 0 Å². The molecule has 160 valence electrons. The van der Waals surface area contributed by atoms with Crippen LogP contribution in [0.25, 0.3) is 0 Å².